The number of fused-ring (bicyclic) bond motifs is 1. The van der Waals surface area contributed by atoms with E-state index < -0.39 is 12.0 Å². The highest BCUT2D eigenvalue weighted by atomic mass is 32.2. The molecule has 2 aromatic rings. The third kappa shape index (κ3) is 1.79. The van der Waals surface area contributed by atoms with E-state index >= 15 is 0 Å². The summed E-state index contributed by atoms with van der Waals surface area (Å²) >= 11 is 1.65. The lowest BCUT2D eigenvalue weighted by molar-refractivity contribution is -0.138. The van der Waals surface area contributed by atoms with E-state index in [1.165, 1.54) is 16.5 Å². The Kier molecular flexibility index (Phi) is 2.80. The maximum absolute atomic E-state index is 11.0. The second-order valence-electron chi connectivity index (χ2n) is 4.48. The largest absolute Gasteiger partial charge is 0.480 e. The van der Waals surface area contributed by atoms with Crippen molar-refractivity contribution >= 4 is 28.6 Å². The van der Waals surface area contributed by atoms with Gasteiger partial charge in [-0.15, -0.1) is 11.8 Å². The van der Waals surface area contributed by atoms with Gasteiger partial charge in [0.1, 0.15) is 6.04 Å². The van der Waals surface area contributed by atoms with Crippen LogP contribution in [0.4, 0.5) is 0 Å². The maximum atomic E-state index is 11.0. The van der Waals surface area contributed by atoms with Crippen LogP contribution in [0.25, 0.3) is 10.9 Å². The number of nitrogens with zero attached hydrogens (tertiary/aromatic N) is 1. The molecule has 1 fully saturated rings. The zero-order chi connectivity index (χ0) is 12.7. The van der Waals surface area contributed by atoms with Crippen molar-refractivity contribution in [3.8, 4) is 0 Å². The lowest BCUT2D eigenvalue weighted by Crippen LogP contribution is -2.33. The maximum Gasteiger partial charge on any atom is 0.321 e. The fourth-order valence-electron chi connectivity index (χ4n) is 2.38. The van der Waals surface area contributed by atoms with Gasteiger partial charge in [-0.05, 0) is 6.07 Å². The first-order valence-electron chi connectivity index (χ1n) is 5.81. The lowest BCUT2D eigenvalue weighted by Gasteiger charge is -2.09. The molecule has 0 amide bonds. The van der Waals surface area contributed by atoms with E-state index in [9.17, 15) is 4.79 Å². The van der Waals surface area contributed by atoms with Crippen molar-refractivity contribution in [2.45, 2.75) is 11.4 Å². The molecule has 3 rings (SSSR count). The summed E-state index contributed by atoms with van der Waals surface area (Å²) in [5.41, 5.74) is 2.34. The summed E-state index contributed by atoms with van der Waals surface area (Å²) < 4.78 is 2.08. The van der Waals surface area contributed by atoms with Gasteiger partial charge in [-0.2, -0.15) is 0 Å². The third-order valence-corrected chi connectivity index (χ3v) is 4.54. The topological polar surface area (TPSA) is 54.3 Å². The summed E-state index contributed by atoms with van der Waals surface area (Å²) in [5, 5.41) is 13.4. The standard InChI is InChI=1S/C13H14N2O2S/c1-15-6-9(8-4-2-3-5-11(8)15)12-14-10(7-18-12)13(16)17/h2-6,10,12,14H,7H2,1H3,(H,16,17)/t10-,12+/m1/s1. The van der Waals surface area contributed by atoms with Gasteiger partial charge >= 0.3 is 5.97 Å². The van der Waals surface area contributed by atoms with Crippen LogP contribution in [0.1, 0.15) is 10.9 Å². The predicted octanol–water partition coefficient (Wildman–Crippen LogP) is 1.97. The minimum absolute atomic E-state index is 0.0669. The van der Waals surface area contributed by atoms with Crippen LogP contribution >= 0.6 is 11.8 Å². The Morgan fingerprint density at radius 3 is 3.00 bits per heavy atom. The van der Waals surface area contributed by atoms with Crippen molar-refractivity contribution in [3.05, 3.63) is 36.0 Å². The quantitative estimate of drug-likeness (QED) is 0.869. The molecule has 0 unspecified atom stereocenters. The molecular formula is C13H14N2O2S. The van der Waals surface area contributed by atoms with Gasteiger partial charge in [0, 0.05) is 35.5 Å². The summed E-state index contributed by atoms with van der Waals surface area (Å²) in [4.78, 5) is 11.0. The van der Waals surface area contributed by atoms with Gasteiger partial charge < -0.3 is 9.67 Å². The normalized spacial score (nSPS) is 23.6. The first-order chi connectivity index (χ1) is 8.66. The van der Waals surface area contributed by atoms with Crippen LogP contribution in [0.3, 0.4) is 0 Å². The van der Waals surface area contributed by atoms with Crippen molar-refractivity contribution in [2.24, 2.45) is 7.05 Å². The van der Waals surface area contributed by atoms with Crippen molar-refractivity contribution in [1.82, 2.24) is 9.88 Å². The molecule has 0 saturated carbocycles. The lowest BCUT2D eigenvalue weighted by atomic mass is 10.1. The highest BCUT2D eigenvalue weighted by molar-refractivity contribution is 7.99. The van der Waals surface area contributed by atoms with Crippen LogP contribution < -0.4 is 5.32 Å². The highest BCUT2D eigenvalue weighted by Crippen LogP contribution is 2.37. The van der Waals surface area contributed by atoms with Gasteiger partial charge in [-0.3, -0.25) is 10.1 Å². The third-order valence-electron chi connectivity index (χ3n) is 3.29. The van der Waals surface area contributed by atoms with Crippen LogP contribution in [0.15, 0.2) is 30.5 Å². The summed E-state index contributed by atoms with van der Waals surface area (Å²) in [6, 6.07) is 7.74. The van der Waals surface area contributed by atoms with Gasteiger partial charge in [-0.1, -0.05) is 18.2 Å². The van der Waals surface area contributed by atoms with Crippen LogP contribution in [-0.4, -0.2) is 27.4 Å². The number of para-hydroxylation sites is 1. The predicted molar refractivity (Wildman–Crippen MR) is 72.7 cm³/mol. The Morgan fingerprint density at radius 2 is 2.28 bits per heavy atom. The van der Waals surface area contributed by atoms with E-state index in [1.807, 2.05) is 19.2 Å². The number of nitrogens with one attached hydrogen (secondary N) is 1. The van der Waals surface area contributed by atoms with E-state index in [2.05, 4.69) is 28.2 Å². The Labute approximate surface area is 109 Å². The van der Waals surface area contributed by atoms with Gasteiger partial charge in [0.25, 0.3) is 0 Å². The summed E-state index contributed by atoms with van der Waals surface area (Å²) in [6.07, 6.45) is 2.08. The zero-order valence-corrected chi connectivity index (χ0v) is 10.8. The summed E-state index contributed by atoms with van der Waals surface area (Å²) in [5.74, 6) is -0.159. The number of aromatic nitrogens is 1. The van der Waals surface area contributed by atoms with Gasteiger partial charge in [0.2, 0.25) is 0 Å². The van der Waals surface area contributed by atoms with E-state index in [4.69, 9.17) is 5.11 Å². The molecule has 0 radical (unpaired) electrons. The average Bonchev–Trinajstić information content (AvgIpc) is 2.95. The molecule has 94 valence electrons. The first kappa shape index (κ1) is 11.6. The average molecular weight is 262 g/mol. The number of thioether (sulfide) groups is 1. The number of aliphatic carboxylic acids is 1. The molecule has 1 aromatic heterocycles. The Morgan fingerprint density at radius 1 is 1.50 bits per heavy atom. The molecule has 1 aliphatic heterocycles. The number of hydrogen-bond donors (Lipinski definition) is 2. The molecule has 0 aliphatic carbocycles. The van der Waals surface area contributed by atoms with Gasteiger partial charge in [0.15, 0.2) is 0 Å². The fourth-order valence-corrected chi connectivity index (χ4v) is 3.63. The Hall–Kier alpha value is -1.46. The van der Waals surface area contributed by atoms with Crippen LogP contribution in [-0.2, 0) is 11.8 Å². The van der Waals surface area contributed by atoms with Gasteiger partial charge in [-0.25, -0.2) is 0 Å². The molecule has 18 heavy (non-hydrogen) atoms. The zero-order valence-electron chi connectivity index (χ0n) is 9.96. The molecule has 1 saturated heterocycles. The number of carboxylic acid groups (broad SMARTS) is 1. The Bertz CT molecular complexity index is 608. The molecule has 1 aromatic carbocycles. The van der Waals surface area contributed by atoms with E-state index in [0.29, 0.717) is 5.75 Å². The monoisotopic (exact) mass is 262 g/mol. The smallest absolute Gasteiger partial charge is 0.321 e. The minimum atomic E-state index is -0.773. The van der Waals surface area contributed by atoms with Crippen molar-refractivity contribution in [2.75, 3.05) is 5.75 Å². The van der Waals surface area contributed by atoms with Crippen LogP contribution in [0, 0.1) is 0 Å². The molecule has 5 heteroatoms. The molecule has 2 N–H and O–H groups in total. The van der Waals surface area contributed by atoms with Gasteiger partial charge in [0.05, 0.1) is 5.37 Å². The summed E-state index contributed by atoms with van der Waals surface area (Å²) in [7, 11) is 2.01. The molecule has 1 aliphatic rings. The van der Waals surface area contributed by atoms with Crippen molar-refractivity contribution in [3.63, 3.8) is 0 Å². The molecular weight excluding hydrogens is 248 g/mol. The second kappa shape index (κ2) is 4.33. The minimum Gasteiger partial charge on any atom is -0.480 e. The first-order valence-corrected chi connectivity index (χ1v) is 6.86. The number of aryl methyl sites for hydroxylation is 1. The van der Waals surface area contributed by atoms with Crippen LogP contribution in [0.5, 0.6) is 0 Å². The van der Waals surface area contributed by atoms with E-state index in [1.54, 1.807) is 11.8 Å². The highest BCUT2D eigenvalue weighted by Gasteiger charge is 2.31. The SMILES string of the molecule is Cn1cc([C@H]2N[C@@H](C(=O)O)CS2)c2ccccc21. The Balaban J connectivity index is 1.98. The van der Waals surface area contributed by atoms with E-state index in [0.717, 1.165) is 0 Å². The molecule has 2 atom stereocenters. The van der Waals surface area contributed by atoms with Crippen LogP contribution in [0.2, 0.25) is 0 Å². The summed E-state index contributed by atoms with van der Waals surface area (Å²) in [6.45, 7) is 0. The number of rotatable bonds is 2. The number of benzene rings is 1. The van der Waals surface area contributed by atoms with E-state index in [-0.39, 0.29) is 5.37 Å². The number of carbonyl (C=O) groups is 1. The second-order valence-corrected chi connectivity index (χ2v) is 5.62. The molecule has 2 heterocycles. The molecule has 4 nitrogen and oxygen atoms in total. The van der Waals surface area contributed by atoms with Crippen molar-refractivity contribution in [1.29, 1.82) is 0 Å². The fraction of sp³-hybridized carbons (Fsp3) is 0.308. The molecule has 0 spiro atoms. The molecule has 0 bridgehead atoms. The number of carboxylic acids is 1. The number of hydrogen-bond acceptors (Lipinski definition) is 3. The van der Waals surface area contributed by atoms with Crippen molar-refractivity contribution < 1.29 is 9.90 Å².